The zero-order chi connectivity index (χ0) is 17.9. The van der Waals surface area contributed by atoms with E-state index >= 15 is 0 Å². The van der Waals surface area contributed by atoms with Crippen LogP contribution in [-0.4, -0.2) is 27.0 Å². The molecule has 2 aromatic rings. The molecule has 0 saturated heterocycles. The van der Waals surface area contributed by atoms with Crippen LogP contribution < -0.4 is 14.8 Å². The molecule has 0 aliphatic heterocycles. The smallest absolute Gasteiger partial charge is 0.261 e. The van der Waals surface area contributed by atoms with E-state index in [0.717, 1.165) is 17.3 Å². The summed E-state index contributed by atoms with van der Waals surface area (Å²) in [5.41, 5.74) is 0.472. The van der Waals surface area contributed by atoms with E-state index in [1.54, 1.807) is 24.3 Å². The average Bonchev–Trinajstić information content (AvgIpc) is 3.39. The number of rotatable bonds is 7. The minimum atomic E-state index is -3.68. The molecular weight excluding hydrogens is 408 g/mol. The molecule has 1 fully saturated rings. The van der Waals surface area contributed by atoms with Crippen molar-refractivity contribution in [2.24, 2.45) is 0 Å². The van der Waals surface area contributed by atoms with Gasteiger partial charge in [-0.05, 0) is 61.4 Å². The third-order valence-electron chi connectivity index (χ3n) is 3.54. The highest BCUT2D eigenvalue weighted by Crippen LogP contribution is 2.21. The van der Waals surface area contributed by atoms with E-state index in [1.165, 1.54) is 24.3 Å². The zero-order valence-corrected chi connectivity index (χ0v) is 15.6. The molecular formula is C17H17BrN2O4S. The topological polar surface area (TPSA) is 84.5 Å². The quantitative estimate of drug-likeness (QED) is 0.715. The summed E-state index contributed by atoms with van der Waals surface area (Å²) in [6.45, 7) is -0.0836. The van der Waals surface area contributed by atoms with Gasteiger partial charge >= 0.3 is 0 Å². The van der Waals surface area contributed by atoms with Gasteiger partial charge in [-0.3, -0.25) is 9.52 Å². The number of halogens is 1. The van der Waals surface area contributed by atoms with E-state index in [9.17, 15) is 13.2 Å². The summed E-state index contributed by atoms with van der Waals surface area (Å²) in [6, 6.07) is 13.1. The van der Waals surface area contributed by atoms with Gasteiger partial charge in [0, 0.05) is 16.2 Å². The van der Waals surface area contributed by atoms with Gasteiger partial charge in [0.1, 0.15) is 5.75 Å². The molecule has 3 rings (SSSR count). The van der Waals surface area contributed by atoms with E-state index in [4.69, 9.17) is 4.74 Å². The Kier molecular flexibility index (Phi) is 5.29. The van der Waals surface area contributed by atoms with Crippen molar-refractivity contribution >= 4 is 37.5 Å². The zero-order valence-electron chi connectivity index (χ0n) is 13.2. The van der Waals surface area contributed by atoms with Crippen LogP contribution in [0.2, 0.25) is 0 Å². The standard InChI is InChI=1S/C17H17BrN2O4S/c18-12-1-3-14(4-2-12)20-25(22,23)16-9-7-15(8-10-16)24-11-17(21)19-13-5-6-13/h1-4,7-10,13,20H,5-6,11H2,(H,19,21). The van der Waals surface area contributed by atoms with Crippen LogP contribution in [0.1, 0.15) is 12.8 Å². The maximum absolute atomic E-state index is 12.4. The summed E-state index contributed by atoms with van der Waals surface area (Å²) in [5, 5.41) is 2.82. The molecule has 25 heavy (non-hydrogen) atoms. The highest BCUT2D eigenvalue weighted by molar-refractivity contribution is 9.10. The molecule has 0 radical (unpaired) electrons. The highest BCUT2D eigenvalue weighted by atomic mass is 79.9. The Bertz CT molecular complexity index is 847. The van der Waals surface area contributed by atoms with Crippen molar-refractivity contribution in [2.75, 3.05) is 11.3 Å². The van der Waals surface area contributed by atoms with Crippen molar-refractivity contribution < 1.29 is 17.9 Å². The first-order valence-corrected chi connectivity index (χ1v) is 10.0. The molecule has 0 heterocycles. The molecule has 0 spiro atoms. The summed E-state index contributed by atoms with van der Waals surface area (Å²) < 4.78 is 33.5. The lowest BCUT2D eigenvalue weighted by Gasteiger charge is -2.10. The van der Waals surface area contributed by atoms with Gasteiger partial charge in [0.05, 0.1) is 4.90 Å². The lowest BCUT2D eigenvalue weighted by atomic mass is 10.3. The summed E-state index contributed by atoms with van der Waals surface area (Å²) in [7, 11) is -3.68. The summed E-state index contributed by atoms with van der Waals surface area (Å²) in [5.74, 6) is 0.268. The van der Waals surface area contributed by atoms with Crippen molar-refractivity contribution in [3.8, 4) is 5.75 Å². The number of carbonyl (C=O) groups excluding carboxylic acids is 1. The van der Waals surface area contributed by atoms with Crippen LogP contribution in [0.5, 0.6) is 5.75 Å². The minimum absolute atomic E-state index is 0.0836. The van der Waals surface area contributed by atoms with E-state index < -0.39 is 10.0 Å². The number of anilines is 1. The predicted molar refractivity (Wildman–Crippen MR) is 98.1 cm³/mol. The van der Waals surface area contributed by atoms with Crippen molar-refractivity contribution in [3.63, 3.8) is 0 Å². The van der Waals surface area contributed by atoms with Crippen LogP contribution in [0, 0.1) is 0 Å². The number of hydrogen-bond acceptors (Lipinski definition) is 4. The van der Waals surface area contributed by atoms with Gasteiger partial charge in [0.25, 0.3) is 15.9 Å². The van der Waals surface area contributed by atoms with Crippen molar-refractivity contribution in [1.82, 2.24) is 5.32 Å². The third-order valence-corrected chi connectivity index (χ3v) is 5.47. The van der Waals surface area contributed by atoms with Crippen LogP contribution in [0.3, 0.4) is 0 Å². The third kappa shape index (κ3) is 5.20. The van der Waals surface area contributed by atoms with Crippen LogP contribution in [0.15, 0.2) is 57.9 Å². The number of ether oxygens (including phenoxy) is 1. The second-order valence-electron chi connectivity index (χ2n) is 5.71. The molecule has 8 heteroatoms. The number of nitrogens with one attached hydrogen (secondary N) is 2. The number of hydrogen-bond donors (Lipinski definition) is 2. The molecule has 0 atom stereocenters. The Hall–Kier alpha value is -2.06. The first kappa shape index (κ1) is 17.8. The van der Waals surface area contributed by atoms with Crippen molar-refractivity contribution in [2.45, 2.75) is 23.8 Å². The minimum Gasteiger partial charge on any atom is -0.484 e. The van der Waals surface area contributed by atoms with E-state index in [1.807, 2.05) is 0 Å². The molecule has 1 amide bonds. The van der Waals surface area contributed by atoms with Gasteiger partial charge in [-0.25, -0.2) is 8.42 Å². The lowest BCUT2D eigenvalue weighted by molar-refractivity contribution is -0.123. The highest BCUT2D eigenvalue weighted by Gasteiger charge is 2.23. The molecule has 0 bridgehead atoms. The molecule has 2 aromatic carbocycles. The van der Waals surface area contributed by atoms with E-state index in [-0.39, 0.29) is 23.5 Å². The second-order valence-corrected chi connectivity index (χ2v) is 8.31. The fourth-order valence-electron chi connectivity index (χ4n) is 2.09. The van der Waals surface area contributed by atoms with Crippen LogP contribution >= 0.6 is 15.9 Å². The molecule has 1 saturated carbocycles. The Balaban J connectivity index is 1.60. The molecule has 0 unspecified atom stereocenters. The number of sulfonamides is 1. The molecule has 132 valence electrons. The van der Waals surface area contributed by atoms with Gasteiger partial charge < -0.3 is 10.1 Å². The Morgan fingerprint density at radius 1 is 1.08 bits per heavy atom. The summed E-state index contributed by atoms with van der Waals surface area (Å²) in [6.07, 6.45) is 2.04. The Morgan fingerprint density at radius 2 is 1.72 bits per heavy atom. The summed E-state index contributed by atoms with van der Waals surface area (Å²) in [4.78, 5) is 11.7. The molecule has 2 N–H and O–H groups in total. The first-order valence-electron chi connectivity index (χ1n) is 7.73. The van der Waals surface area contributed by atoms with Crippen LogP contribution in [0.25, 0.3) is 0 Å². The van der Waals surface area contributed by atoms with Gasteiger partial charge in [0.2, 0.25) is 0 Å². The predicted octanol–water partition coefficient (Wildman–Crippen LogP) is 2.91. The maximum atomic E-state index is 12.4. The van der Waals surface area contributed by atoms with Crippen LogP contribution in [0.4, 0.5) is 5.69 Å². The lowest BCUT2D eigenvalue weighted by Crippen LogP contribution is -2.30. The maximum Gasteiger partial charge on any atom is 0.261 e. The van der Waals surface area contributed by atoms with E-state index in [0.29, 0.717) is 11.4 Å². The Morgan fingerprint density at radius 3 is 2.32 bits per heavy atom. The normalized spacial score (nSPS) is 14.0. The summed E-state index contributed by atoms with van der Waals surface area (Å²) >= 11 is 3.30. The van der Waals surface area contributed by atoms with Gasteiger partial charge in [0.15, 0.2) is 6.61 Å². The monoisotopic (exact) mass is 424 g/mol. The van der Waals surface area contributed by atoms with Crippen molar-refractivity contribution in [3.05, 3.63) is 53.0 Å². The molecule has 6 nitrogen and oxygen atoms in total. The molecule has 1 aliphatic rings. The number of amides is 1. The van der Waals surface area contributed by atoms with Crippen molar-refractivity contribution in [1.29, 1.82) is 0 Å². The largest absolute Gasteiger partial charge is 0.484 e. The SMILES string of the molecule is O=C(COc1ccc(S(=O)(=O)Nc2ccc(Br)cc2)cc1)NC1CC1. The number of carbonyl (C=O) groups is 1. The fraction of sp³-hybridized carbons (Fsp3) is 0.235. The Labute approximate surface area is 154 Å². The fourth-order valence-corrected chi connectivity index (χ4v) is 3.42. The van der Waals surface area contributed by atoms with Gasteiger partial charge in [-0.15, -0.1) is 0 Å². The van der Waals surface area contributed by atoms with Gasteiger partial charge in [-0.2, -0.15) is 0 Å². The average molecular weight is 425 g/mol. The van der Waals surface area contributed by atoms with E-state index in [2.05, 4.69) is 26.0 Å². The van der Waals surface area contributed by atoms with Crippen LogP contribution in [-0.2, 0) is 14.8 Å². The van der Waals surface area contributed by atoms with Gasteiger partial charge in [-0.1, -0.05) is 15.9 Å². The second kappa shape index (κ2) is 7.45. The molecule has 1 aliphatic carbocycles. The molecule has 0 aromatic heterocycles. The number of benzene rings is 2. The first-order chi connectivity index (χ1) is 11.9.